The topological polar surface area (TPSA) is 83.4 Å². The van der Waals surface area contributed by atoms with Gasteiger partial charge in [0.05, 0.1) is 6.26 Å². The lowest BCUT2D eigenvalue weighted by atomic mass is 10.1. The smallest absolute Gasteiger partial charge is 0.291 e. The third kappa shape index (κ3) is 4.02. The Balaban J connectivity index is 1.59. The zero-order valence-electron chi connectivity index (χ0n) is 13.6. The van der Waals surface area contributed by atoms with Crippen molar-refractivity contribution < 1.29 is 14.0 Å². The summed E-state index contributed by atoms with van der Waals surface area (Å²) >= 11 is 0. The van der Waals surface area contributed by atoms with Gasteiger partial charge >= 0.3 is 0 Å². The zero-order valence-corrected chi connectivity index (χ0v) is 13.6. The van der Waals surface area contributed by atoms with Crippen molar-refractivity contribution >= 4 is 23.2 Å². The SMILES string of the molecule is Cc1cc(NC(=O)CC2CCCN2)ccc1NC(=O)c1ccco1. The summed E-state index contributed by atoms with van der Waals surface area (Å²) in [6.07, 6.45) is 4.11. The van der Waals surface area contributed by atoms with Gasteiger partial charge in [-0.2, -0.15) is 0 Å². The fourth-order valence-electron chi connectivity index (χ4n) is 2.84. The van der Waals surface area contributed by atoms with Crippen LogP contribution in [-0.2, 0) is 4.79 Å². The van der Waals surface area contributed by atoms with Crippen LogP contribution in [0.3, 0.4) is 0 Å². The molecule has 3 rings (SSSR count). The van der Waals surface area contributed by atoms with Crippen molar-refractivity contribution in [2.75, 3.05) is 17.2 Å². The second kappa shape index (κ2) is 7.31. The maximum atomic E-state index is 12.1. The van der Waals surface area contributed by atoms with Crippen molar-refractivity contribution in [3.05, 3.63) is 47.9 Å². The summed E-state index contributed by atoms with van der Waals surface area (Å²) in [5.41, 5.74) is 2.28. The molecule has 1 unspecified atom stereocenters. The van der Waals surface area contributed by atoms with E-state index in [9.17, 15) is 9.59 Å². The van der Waals surface area contributed by atoms with Gasteiger partial charge in [-0.1, -0.05) is 0 Å². The van der Waals surface area contributed by atoms with Crippen LogP contribution < -0.4 is 16.0 Å². The van der Waals surface area contributed by atoms with Gasteiger partial charge in [-0.25, -0.2) is 0 Å². The molecule has 126 valence electrons. The molecule has 1 aromatic heterocycles. The highest BCUT2D eigenvalue weighted by Crippen LogP contribution is 2.21. The minimum Gasteiger partial charge on any atom is -0.459 e. The maximum absolute atomic E-state index is 12.1. The molecule has 2 heterocycles. The third-order valence-corrected chi connectivity index (χ3v) is 4.10. The van der Waals surface area contributed by atoms with Gasteiger partial charge in [-0.15, -0.1) is 0 Å². The largest absolute Gasteiger partial charge is 0.459 e. The van der Waals surface area contributed by atoms with E-state index in [0.717, 1.165) is 30.6 Å². The third-order valence-electron chi connectivity index (χ3n) is 4.10. The van der Waals surface area contributed by atoms with Crippen molar-refractivity contribution in [3.63, 3.8) is 0 Å². The van der Waals surface area contributed by atoms with Crippen molar-refractivity contribution in [1.29, 1.82) is 0 Å². The van der Waals surface area contributed by atoms with E-state index in [1.807, 2.05) is 13.0 Å². The molecule has 1 atom stereocenters. The Morgan fingerprint density at radius 2 is 2.17 bits per heavy atom. The predicted molar refractivity (Wildman–Crippen MR) is 92.1 cm³/mol. The molecule has 0 spiro atoms. The first kappa shape index (κ1) is 16.3. The number of hydrogen-bond acceptors (Lipinski definition) is 4. The summed E-state index contributed by atoms with van der Waals surface area (Å²) in [4.78, 5) is 24.1. The molecule has 0 radical (unpaired) electrons. The molecule has 24 heavy (non-hydrogen) atoms. The van der Waals surface area contributed by atoms with Crippen LogP contribution in [0.5, 0.6) is 0 Å². The van der Waals surface area contributed by atoms with Crippen LogP contribution in [0.15, 0.2) is 41.0 Å². The summed E-state index contributed by atoms with van der Waals surface area (Å²) in [6, 6.07) is 8.95. The number of amides is 2. The number of hydrogen-bond donors (Lipinski definition) is 3. The Bertz CT molecular complexity index is 719. The number of carbonyl (C=O) groups is 2. The number of rotatable bonds is 5. The van der Waals surface area contributed by atoms with Gasteiger partial charge in [-0.05, 0) is 62.2 Å². The van der Waals surface area contributed by atoms with Crippen molar-refractivity contribution in [2.45, 2.75) is 32.2 Å². The van der Waals surface area contributed by atoms with Gasteiger partial charge in [0, 0.05) is 23.8 Å². The fourth-order valence-corrected chi connectivity index (χ4v) is 2.84. The first-order chi connectivity index (χ1) is 11.6. The van der Waals surface area contributed by atoms with Crippen LogP contribution in [-0.4, -0.2) is 24.4 Å². The summed E-state index contributed by atoms with van der Waals surface area (Å²) in [5.74, 6) is -0.0378. The Morgan fingerprint density at radius 3 is 2.83 bits per heavy atom. The van der Waals surface area contributed by atoms with Crippen LogP contribution in [0.25, 0.3) is 0 Å². The number of aryl methyl sites for hydroxylation is 1. The first-order valence-electron chi connectivity index (χ1n) is 8.10. The molecule has 3 N–H and O–H groups in total. The van der Waals surface area contributed by atoms with E-state index in [0.29, 0.717) is 12.1 Å². The minimum atomic E-state index is -0.299. The predicted octanol–water partition coefficient (Wildman–Crippen LogP) is 2.92. The second-order valence-corrected chi connectivity index (χ2v) is 6.01. The molecule has 0 bridgehead atoms. The van der Waals surface area contributed by atoms with E-state index < -0.39 is 0 Å². The van der Waals surface area contributed by atoms with E-state index in [4.69, 9.17) is 4.42 Å². The lowest BCUT2D eigenvalue weighted by Crippen LogP contribution is -2.27. The number of anilines is 2. The van der Waals surface area contributed by atoms with E-state index in [1.54, 1.807) is 24.3 Å². The molecule has 1 aliphatic heterocycles. The van der Waals surface area contributed by atoms with Gasteiger partial charge in [0.25, 0.3) is 5.91 Å². The highest BCUT2D eigenvalue weighted by molar-refractivity contribution is 6.03. The lowest BCUT2D eigenvalue weighted by molar-refractivity contribution is -0.116. The molecule has 1 saturated heterocycles. The van der Waals surface area contributed by atoms with E-state index >= 15 is 0 Å². The summed E-state index contributed by atoms with van der Waals surface area (Å²) in [5, 5.41) is 9.02. The van der Waals surface area contributed by atoms with Crippen LogP contribution in [0.4, 0.5) is 11.4 Å². The van der Waals surface area contributed by atoms with Crippen molar-refractivity contribution in [2.24, 2.45) is 0 Å². The maximum Gasteiger partial charge on any atom is 0.291 e. The molecule has 1 aliphatic rings. The Kier molecular flexibility index (Phi) is 4.96. The summed E-state index contributed by atoms with van der Waals surface area (Å²) in [7, 11) is 0. The van der Waals surface area contributed by atoms with Crippen LogP contribution in [0, 0.1) is 6.92 Å². The molecular formula is C18H21N3O3. The monoisotopic (exact) mass is 327 g/mol. The highest BCUT2D eigenvalue weighted by atomic mass is 16.3. The Labute approximate surface area is 140 Å². The van der Waals surface area contributed by atoms with Crippen LogP contribution in [0.1, 0.15) is 35.4 Å². The quantitative estimate of drug-likeness (QED) is 0.788. The summed E-state index contributed by atoms with van der Waals surface area (Å²) < 4.78 is 5.07. The van der Waals surface area contributed by atoms with Crippen molar-refractivity contribution in [3.8, 4) is 0 Å². The van der Waals surface area contributed by atoms with E-state index in [-0.39, 0.29) is 23.6 Å². The van der Waals surface area contributed by atoms with Gasteiger partial charge in [0.2, 0.25) is 5.91 Å². The molecule has 0 aliphatic carbocycles. The molecule has 2 aromatic rings. The van der Waals surface area contributed by atoms with Crippen LogP contribution >= 0.6 is 0 Å². The molecule has 6 nitrogen and oxygen atoms in total. The Morgan fingerprint density at radius 1 is 1.29 bits per heavy atom. The van der Waals surface area contributed by atoms with Gasteiger partial charge in [0.15, 0.2) is 5.76 Å². The van der Waals surface area contributed by atoms with Crippen molar-refractivity contribution in [1.82, 2.24) is 5.32 Å². The first-order valence-corrected chi connectivity index (χ1v) is 8.10. The normalized spacial score (nSPS) is 16.8. The number of nitrogens with one attached hydrogen (secondary N) is 3. The molecule has 1 aromatic carbocycles. The number of benzene rings is 1. The second-order valence-electron chi connectivity index (χ2n) is 6.01. The lowest BCUT2D eigenvalue weighted by Gasteiger charge is -2.12. The van der Waals surface area contributed by atoms with Gasteiger partial charge < -0.3 is 20.4 Å². The Hall–Kier alpha value is -2.60. The number of furan rings is 1. The van der Waals surface area contributed by atoms with Gasteiger partial charge in [0.1, 0.15) is 0 Å². The standard InChI is InChI=1S/C18H21N3O3/c1-12-10-14(20-17(22)11-13-4-2-8-19-13)6-7-15(12)21-18(23)16-5-3-9-24-16/h3,5-7,9-10,13,19H,2,4,8,11H2,1H3,(H,20,22)(H,21,23). The van der Waals surface area contributed by atoms with E-state index in [1.165, 1.54) is 6.26 Å². The molecular weight excluding hydrogens is 306 g/mol. The van der Waals surface area contributed by atoms with Crippen LogP contribution in [0.2, 0.25) is 0 Å². The molecule has 1 fully saturated rings. The average molecular weight is 327 g/mol. The average Bonchev–Trinajstić information content (AvgIpc) is 3.23. The molecule has 6 heteroatoms. The molecule has 0 saturated carbocycles. The molecule has 2 amide bonds. The summed E-state index contributed by atoms with van der Waals surface area (Å²) in [6.45, 7) is 2.87. The van der Waals surface area contributed by atoms with Gasteiger partial charge in [-0.3, -0.25) is 9.59 Å². The minimum absolute atomic E-state index is 0.00108. The number of carbonyl (C=O) groups excluding carboxylic acids is 2. The fraction of sp³-hybridized carbons (Fsp3) is 0.333. The van der Waals surface area contributed by atoms with E-state index in [2.05, 4.69) is 16.0 Å². The zero-order chi connectivity index (χ0) is 16.9. The highest BCUT2D eigenvalue weighted by Gasteiger charge is 2.18.